The van der Waals surface area contributed by atoms with Gasteiger partial charge in [0.1, 0.15) is 11.9 Å². The van der Waals surface area contributed by atoms with Gasteiger partial charge in [-0.15, -0.1) is 0 Å². The lowest BCUT2D eigenvalue weighted by atomic mass is 10.1. The molecular weight excluding hydrogens is 317 g/mol. The normalized spacial score (nSPS) is 16.9. The van der Waals surface area contributed by atoms with Gasteiger partial charge in [-0.3, -0.25) is 4.90 Å². The van der Waals surface area contributed by atoms with Gasteiger partial charge in [0.25, 0.3) is 0 Å². The summed E-state index contributed by atoms with van der Waals surface area (Å²) in [6.07, 6.45) is 0.100. The van der Waals surface area contributed by atoms with Gasteiger partial charge in [0.05, 0.1) is 17.4 Å². The molecular formula is C20H22FN3O. The molecule has 1 aliphatic rings. The van der Waals surface area contributed by atoms with Crippen molar-refractivity contribution in [3.8, 4) is 6.07 Å². The van der Waals surface area contributed by atoms with Gasteiger partial charge in [-0.25, -0.2) is 4.39 Å². The van der Waals surface area contributed by atoms with Crippen molar-refractivity contribution < 1.29 is 9.50 Å². The lowest BCUT2D eigenvalue weighted by Gasteiger charge is -2.25. The van der Waals surface area contributed by atoms with E-state index in [0.717, 1.165) is 38.3 Å². The molecule has 2 aromatic rings. The van der Waals surface area contributed by atoms with Crippen molar-refractivity contribution >= 4 is 5.69 Å². The van der Waals surface area contributed by atoms with Gasteiger partial charge in [0.2, 0.25) is 0 Å². The molecule has 1 atom stereocenters. The van der Waals surface area contributed by atoms with Crippen LogP contribution in [-0.4, -0.2) is 42.7 Å². The Bertz CT molecular complexity index is 759. The predicted octanol–water partition coefficient (Wildman–Crippen LogP) is 2.94. The summed E-state index contributed by atoms with van der Waals surface area (Å²) in [6, 6.07) is 16.2. The molecule has 4 nitrogen and oxygen atoms in total. The van der Waals surface area contributed by atoms with Gasteiger partial charge in [0, 0.05) is 38.3 Å². The van der Waals surface area contributed by atoms with Gasteiger partial charge < -0.3 is 10.0 Å². The van der Waals surface area contributed by atoms with Crippen LogP contribution < -0.4 is 4.90 Å². The van der Waals surface area contributed by atoms with Crippen LogP contribution in [0.15, 0.2) is 48.5 Å². The van der Waals surface area contributed by atoms with Crippen LogP contribution >= 0.6 is 0 Å². The number of hydrogen-bond donors (Lipinski definition) is 1. The molecule has 1 saturated heterocycles. The zero-order chi connectivity index (χ0) is 17.6. The van der Waals surface area contributed by atoms with Crippen molar-refractivity contribution in [1.82, 2.24) is 4.90 Å². The molecule has 5 heteroatoms. The Balaban J connectivity index is 1.64. The van der Waals surface area contributed by atoms with Crippen LogP contribution in [0.2, 0.25) is 0 Å². The van der Waals surface area contributed by atoms with E-state index in [0.29, 0.717) is 17.7 Å². The SMILES string of the molecule is N#Cc1ccccc1N1CCCN(CC(O)c2ccccc2F)CC1. The third-order valence-corrected chi connectivity index (χ3v) is 4.65. The summed E-state index contributed by atoms with van der Waals surface area (Å²) in [5.74, 6) is -0.366. The number of β-amino-alcohol motifs (C(OH)–C–C–N with tert-alkyl or cyclic N) is 1. The first-order chi connectivity index (χ1) is 12.2. The van der Waals surface area contributed by atoms with Gasteiger partial charge in [-0.2, -0.15) is 5.26 Å². The molecule has 2 aromatic carbocycles. The lowest BCUT2D eigenvalue weighted by Crippen LogP contribution is -2.33. The number of benzene rings is 2. The number of halogens is 1. The highest BCUT2D eigenvalue weighted by Gasteiger charge is 2.21. The van der Waals surface area contributed by atoms with E-state index in [4.69, 9.17) is 0 Å². The van der Waals surface area contributed by atoms with Crippen LogP contribution in [0.4, 0.5) is 10.1 Å². The fourth-order valence-electron chi connectivity index (χ4n) is 3.33. The summed E-state index contributed by atoms with van der Waals surface area (Å²) in [5, 5.41) is 19.7. The minimum absolute atomic E-state index is 0.346. The van der Waals surface area contributed by atoms with E-state index in [2.05, 4.69) is 15.9 Å². The molecule has 1 heterocycles. The fourth-order valence-corrected chi connectivity index (χ4v) is 3.33. The Labute approximate surface area is 147 Å². The summed E-state index contributed by atoms with van der Waals surface area (Å²) in [7, 11) is 0. The second-order valence-electron chi connectivity index (χ2n) is 6.31. The minimum atomic E-state index is -0.834. The number of aliphatic hydroxyl groups excluding tert-OH is 1. The predicted molar refractivity (Wildman–Crippen MR) is 95.8 cm³/mol. The third kappa shape index (κ3) is 4.16. The van der Waals surface area contributed by atoms with Gasteiger partial charge >= 0.3 is 0 Å². The summed E-state index contributed by atoms with van der Waals surface area (Å²) >= 11 is 0. The van der Waals surface area contributed by atoms with Crippen LogP contribution in [0.5, 0.6) is 0 Å². The molecule has 0 saturated carbocycles. The standard InChI is InChI=1S/C20H22FN3O/c21-18-8-3-2-7-17(18)20(25)15-23-10-5-11-24(13-12-23)19-9-4-1-6-16(19)14-22/h1-4,6-9,20,25H,5,10-13,15H2. The zero-order valence-corrected chi connectivity index (χ0v) is 14.1. The van der Waals surface area contributed by atoms with E-state index >= 15 is 0 Å². The van der Waals surface area contributed by atoms with E-state index in [1.807, 2.05) is 24.3 Å². The van der Waals surface area contributed by atoms with Crippen molar-refractivity contribution in [2.24, 2.45) is 0 Å². The summed E-state index contributed by atoms with van der Waals surface area (Å²) < 4.78 is 13.8. The number of rotatable bonds is 4. The van der Waals surface area contributed by atoms with E-state index in [1.54, 1.807) is 18.2 Å². The Morgan fingerprint density at radius 2 is 1.80 bits per heavy atom. The lowest BCUT2D eigenvalue weighted by molar-refractivity contribution is 0.114. The number of nitriles is 1. The minimum Gasteiger partial charge on any atom is -0.387 e. The average molecular weight is 339 g/mol. The maximum atomic E-state index is 13.8. The topological polar surface area (TPSA) is 50.5 Å². The van der Waals surface area contributed by atoms with Crippen LogP contribution in [0.3, 0.4) is 0 Å². The van der Waals surface area contributed by atoms with Crippen LogP contribution in [0.1, 0.15) is 23.7 Å². The van der Waals surface area contributed by atoms with E-state index in [-0.39, 0.29) is 5.82 Å². The third-order valence-electron chi connectivity index (χ3n) is 4.65. The molecule has 0 bridgehead atoms. The van der Waals surface area contributed by atoms with Crippen LogP contribution in [0.25, 0.3) is 0 Å². The van der Waals surface area contributed by atoms with Crippen molar-refractivity contribution in [3.63, 3.8) is 0 Å². The Kier molecular flexibility index (Phi) is 5.64. The number of nitrogens with zero attached hydrogens (tertiary/aromatic N) is 3. The van der Waals surface area contributed by atoms with E-state index in [9.17, 15) is 14.8 Å². The molecule has 1 aliphatic heterocycles. The Morgan fingerprint density at radius 1 is 1.04 bits per heavy atom. The van der Waals surface area contributed by atoms with Gasteiger partial charge in [-0.05, 0) is 24.6 Å². The first kappa shape index (κ1) is 17.4. The van der Waals surface area contributed by atoms with Crippen molar-refractivity contribution in [2.75, 3.05) is 37.6 Å². The number of aliphatic hydroxyl groups is 1. The van der Waals surface area contributed by atoms with Crippen molar-refractivity contribution in [1.29, 1.82) is 5.26 Å². The Hall–Kier alpha value is -2.42. The summed E-state index contributed by atoms with van der Waals surface area (Å²) in [6.45, 7) is 3.67. The van der Waals surface area contributed by atoms with Crippen LogP contribution in [0, 0.1) is 17.1 Å². The molecule has 0 aromatic heterocycles. The molecule has 1 N–H and O–H groups in total. The zero-order valence-electron chi connectivity index (χ0n) is 14.1. The van der Waals surface area contributed by atoms with E-state index in [1.165, 1.54) is 6.07 Å². The molecule has 25 heavy (non-hydrogen) atoms. The first-order valence-electron chi connectivity index (χ1n) is 8.58. The monoisotopic (exact) mass is 339 g/mol. The average Bonchev–Trinajstić information content (AvgIpc) is 2.87. The van der Waals surface area contributed by atoms with Gasteiger partial charge in [-0.1, -0.05) is 30.3 Å². The first-order valence-corrected chi connectivity index (χ1v) is 8.58. The maximum absolute atomic E-state index is 13.8. The highest BCUT2D eigenvalue weighted by atomic mass is 19.1. The maximum Gasteiger partial charge on any atom is 0.129 e. The highest BCUT2D eigenvalue weighted by molar-refractivity contribution is 5.59. The quantitative estimate of drug-likeness (QED) is 0.930. The molecule has 0 spiro atoms. The smallest absolute Gasteiger partial charge is 0.129 e. The molecule has 0 radical (unpaired) electrons. The summed E-state index contributed by atoms with van der Waals surface area (Å²) in [4.78, 5) is 4.38. The van der Waals surface area contributed by atoms with E-state index < -0.39 is 6.10 Å². The molecule has 1 fully saturated rings. The molecule has 130 valence electrons. The second kappa shape index (κ2) is 8.11. The molecule has 0 amide bonds. The molecule has 0 aliphatic carbocycles. The van der Waals surface area contributed by atoms with Gasteiger partial charge in [0.15, 0.2) is 0 Å². The largest absolute Gasteiger partial charge is 0.387 e. The fraction of sp³-hybridized carbons (Fsp3) is 0.350. The molecule has 1 unspecified atom stereocenters. The number of anilines is 1. The molecule has 3 rings (SSSR count). The van der Waals surface area contributed by atoms with Crippen molar-refractivity contribution in [2.45, 2.75) is 12.5 Å². The number of hydrogen-bond acceptors (Lipinski definition) is 4. The highest BCUT2D eigenvalue weighted by Crippen LogP contribution is 2.22. The summed E-state index contributed by atoms with van der Waals surface area (Å²) in [5.41, 5.74) is 1.99. The van der Waals surface area contributed by atoms with Crippen molar-refractivity contribution in [3.05, 3.63) is 65.5 Å². The van der Waals surface area contributed by atoms with Crippen LogP contribution in [-0.2, 0) is 0 Å². The number of para-hydroxylation sites is 1. The Morgan fingerprint density at radius 3 is 2.60 bits per heavy atom. The second-order valence-corrected chi connectivity index (χ2v) is 6.31.